The molecule has 1 aromatic carbocycles. The molecule has 1 aromatic heterocycles. The molecular weight excluding hydrogens is 330 g/mol. The van der Waals surface area contributed by atoms with E-state index in [1.165, 1.54) is 30.6 Å². The van der Waals surface area contributed by atoms with Crippen LogP contribution in [-0.4, -0.2) is 23.1 Å². The van der Waals surface area contributed by atoms with Gasteiger partial charge in [-0.25, -0.2) is 0 Å². The number of hydrogen-bond donors (Lipinski definition) is 1. The molecule has 0 saturated heterocycles. The van der Waals surface area contributed by atoms with Crippen LogP contribution in [0, 0.1) is 10.1 Å². The molecule has 1 atom stereocenters. The average molecular weight is 342 g/mol. The highest BCUT2D eigenvalue weighted by Crippen LogP contribution is 2.33. The number of thiophene rings is 1. The Labute approximate surface area is 135 Å². The molecule has 2 rings (SSSR count). The van der Waals surface area contributed by atoms with E-state index < -0.39 is 16.8 Å². The first-order valence-corrected chi connectivity index (χ1v) is 7.41. The van der Waals surface area contributed by atoms with Crippen LogP contribution >= 0.6 is 22.9 Å². The highest BCUT2D eigenvalue weighted by molar-refractivity contribution is 7.16. The zero-order chi connectivity index (χ0) is 16.3. The van der Waals surface area contributed by atoms with Crippen LogP contribution in [0.2, 0.25) is 4.34 Å². The molecule has 0 amide bonds. The second-order valence-corrected chi connectivity index (χ2v) is 6.25. The molecule has 0 aliphatic carbocycles. The van der Waals surface area contributed by atoms with Gasteiger partial charge in [0.05, 0.1) is 22.3 Å². The third kappa shape index (κ3) is 3.55. The number of halogens is 1. The summed E-state index contributed by atoms with van der Waals surface area (Å²) >= 11 is 7.03. The molecule has 116 valence electrons. The van der Waals surface area contributed by atoms with Crippen LogP contribution in [0.1, 0.15) is 16.4 Å². The summed E-state index contributed by atoms with van der Waals surface area (Å²) in [7, 11) is 1.34. The highest BCUT2D eigenvalue weighted by Gasteiger charge is 2.24. The normalized spacial score (nSPS) is 11.9. The van der Waals surface area contributed by atoms with Gasteiger partial charge in [-0.3, -0.25) is 14.9 Å². The summed E-state index contributed by atoms with van der Waals surface area (Å²) in [6.45, 7) is 0. The van der Waals surface area contributed by atoms with Gasteiger partial charge in [0.15, 0.2) is 5.75 Å². The molecular formula is C14H12ClNO5S. The summed E-state index contributed by atoms with van der Waals surface area (Å²) in [4.78, 5) is 22.5. The van der Waals surface area contributed by atoms with Gasteiger partial charge in [-0.15, -0.1) is 11.3 Å². The lowest BCUT2D eigenvalue weighted by Crippen LogP contribution is -2.13. The van der Waals surface area contributed by atoms with Gasteiger partial charge in [0, 0.05) is 10.9 Å². The van der Waals surface area contributed by atoms with E-state index in [2.05, 4.69) is 0 Å². The lowest BCUT2D eigenvalue weighted by atomic mass is 9.97. The molecule has 0 spiro atoms. The van der Waals surface area contributed by atoms with Gasteiger partial charge in [0.2, 0.25) is 0 Å². The summed E-state index contributed by atoms with van der Waals surface area (Å²) in [5.41, 5.74) is 0.359. The van der Waals surface area contributed by atoms with Crippen LogP contribution < -0.4 is 4.74 Å². The summed E-state index contributed by atoms with van der Waals surface area (Å²) in [6, 6.07) is 7.71. The van der Waals surface area contributed by atoms with E-state index >= 15 is 0 Å². The van der Waals surface area contributed by atoms with Crippen LogP contribution in [0.15, 0.2) is 30.3 Å². The number of carbonyl (C=O) groups is 1. The van der Waals surface area contributed by atoms with Gasteiger partial charge in [-0.1, -0.05) is 17.7 Å². The predicted octanol–water partition coefficient (Wildman–Crippen LogP) is 3.73. The van der Waals surface area contributed by atoms with E-state index in [1.54, 1.807) is 18.2 Å². The van der Waals surface area contributed by atoms with Crippen molar-refractivity contribution in [2.45, 2.75) is 12.3 Å². The van der Waals surface area contributed by atoms with Crippen molar-refractivity contribution in [1.82, 2.24) is 0 Å². The first-order chi connectivity index (χ1) is 10.4. The molecule has 0 saturated carbocycles. The number of carboxylic acid groups (broad SMARTS) is 1. The van der Waals surface area contributed by atoms with Gasteiger partial charge in [0.1, 0.15) is 0 Å². The highest BCUT2D eigenvalue weighted by atomic mass is 35.5. The van der Waals surface area contributed by atoms with E-state index in [0.717, 1.165) is 0 Å². The lowest BCUT2D eigenvalue weighted by molar-refractivity contribution is -0.385. The quantitative estimate of drug-likeness (QED) is 0.638. The van der Waals surface area contributed by atoms with Crippen LogP contribution in [0.5, 0.6) is 5.75 Å². The zero-order valence-corrected chi connectivity index (χ0v) is 13.1. The maximum atomic E-state index is 11.5. The first kappa shape index (κ1) is 16.3. The van der Waals surface area contributed by atoms with Crippen molar-refractivity contribution >= 4 is 34.6 Å². The monoisotopic (exact) mass is 341 g/mol. The van der Waals surface area contributed by atoms with Crippen molar-refractivity contribution < 1.29 is 19.6 Å². The molecule has 0 fully saturated rings. The largest absolute Gasteiger partial charge is 0.490 e. The minimum Gasteiger partial charge on any atom is -0.490 e. The Bertz CT molecular complexity index is 715. The topological polar surface area (TPSA) is 89.7 Å². The molecule has 0 bridgehead atoms. The number of nitro benzene ring substituents is 1. The summed E-state index contributed by atoms with van der Waals surface area (Å²) in [6.07, 6.45) is 0.136. The molecule has 2 aromatic rings. The number of methoxy groups -OCH3 is 1. The second-order valence-electron chi connectivity index (χ2n) is 4.50. The summed E-state index contributed by atoms with van der Waals surface area (Å²) in [5, 5.41) is 20.4. The Kier molecular flexibility index (Phi) is 4.99. The van der Waals surface area contributed by atoms with Crippen molar-refractivity contribution in [2.24, 2.45) is 0 Å². The number of ether oxygens (including phenoxy) is 1. The maximum absolute atomic E-state index is 11.5. The predicted molar refractivity (Wildman–Crippen MR) is 83.1 cm³/mol. The van der Waals surface area contributed by atoms with Gasteiger partial charge < -0.3 is 9.84 Å². The fourth-order valence-electron chi connectivity index (χ4n) is 2.07. The molecule has 8 heteroatoms. The molecule has 0 aliphatic rings. The first-order valence-electron chi connectivity index (χ1n) is 6.21. The van der Waals surface area contributed by atoms with Crippen LogP contribution in [0.25, 0.3) is 0 Å². The van der Waals surface area contributed by atoms with Crippen LogP contribution in [-0.2, 0) is 11.2 Å². The van der Waals surface area contributed by atoms with Crippen molar-refractivity contribution in [3.05, 3.63) is 55.2 Å². The summed E-state index contributed by atoms with van der Waals surface area (Å²) in [5.74, 6) is -1.66. The second kappa shape index (κ2) is 6.76. The van der Waals surface area contributed by atoms with Crippen molar-refractivity contribution in [1.29, 1.82) is 0 Å². The van der Waals surface area contributed by atoms with Crippen LogP contribution in [0.4, 0.5) is 5.69 Å². The van der Waals surface area contributed by atoms with E-state index in [1.807, 2.05) is 0 Å². The number of nitro groups is 1. The van der Waals surface area contributed by atoms with E-state index in [0.29, 0.717) is 14.8 Å². The molecule has 1 heterocycles. The Morgan fingerprint density at radius 1 is 1.45 bits per heavy atom. The Balaban J connectivity index is 2.33. The van der Waals surface area contributed by atoms with Crippen molar-refractivity contribution in [2.75, 3.05) is 7.11 Å². The average Bonchev–Trinajstić information content (AvgIpc) is 2.90. The SMILES string of the molecule is COc1ccc(CC(C(=O)O)c2ccc(Cl)s2)cc1[N+](=O)[O-]. The molecule has 6 nitrogen and oxygen atoms in total. The van der Waals surface area contributed by atoms with Crippen LogP contribution in [0.3, 0.4) is 0 Å². The van der Waals surface area contributed by atoms with Crippen molar-refractivity contribution in [3.63, 3.8) is 0 Å². The standard InChI is InChI=1S/C14H12ClNO5S/c1-21-11-3-2-8(7-10(11)16(19)20)6-9(14(17)18)12-4-5-13(15)22-12/h2-5,7,9H,6H2,1H3,(H,17,18). The number of aliphatic carboxylic acids is 1. The minimum absolute atomic E-state index is 0.136. The molecule has 1 N–H and O–H groups in total. The maximum Gasteiger partial charge on any atom is 0.312 e. The molecule has 0 radical (unpaired) electrons. The van der Waals surface area contributed by atoms with Gasteiger partial charge >= 0.3 is 11.7 Å². The molecule has 0 aliphatic heterocycles. The smallest absolute Gasteiger partial charge is 0.312 e. The zero-order valence-electron chi connectivity index (χ0n) is 11.5. The van der Waals surface area contributed by atoms with Gasteiger partial charge in [-0.05, 0) is 30.2 Å². The Morgan fingerprint density at radius 3 is 2.68 bits per heavy atom. The fraction of sp³-hybridized carbons (Fsp3) is 0.214. The minimum atomic E-state index is -1.00. The number of rotatable bonds is 6. The van der Waals surface area contributed by atoms with Gasteiger partial charge in [-0.2, -0.15) is 0 Å². The number of nitrogens with zero attached hydrogens (tertiary/aromatic N) is 1. The third-order valence-electron chi connectivity index (χ3n) is 3.12. The fourth-order valence-corrected chi connectivity index (χ4v) is 3.22. The number of benzene rings is 1. The van der Waals surface area contributed by atoms with E-state index in [9.17, 15) is 20.0 Å². The van der Waals surface area contributed by atoms with E-state index in [-0.39, 0.29) is 17.9 Å². The summed E-state index contributed by atoms with van der Waals surface area (Å²) < 4.78 is 5.43. The van der Waals surface area contributed by atoms with E-state index in [4.69, 9.17) is 16.3 Å². The Morgan fingerprint density at radius 2 is 2.18 bits per heavy atom. The Hall–Kier alpha value is -2.12. The van der Waals surface area contributed by atoms with Crippen molar-refractivity contribution in [3.8, 4) is 5.75 Å². The molecule has 1 unspecified atom stereocenters. The third-order valence-corrected chi connectivity index (χ3v) is 4.46. The molecule has 22 heavy (non-hydrogen) atoms. The number of carboxylic acids is 1. The lowest BCUT2D eigenvalue weighted by Gasteiger charge is -2.11. The number of hydrogen-bond acceptors (Lipinski definition) is 5. The van der Waals surface area contributed by atoms with Gasteiger partial charge in [0.25, 0.3) is 0 Å².